The van der Waals surface area contributed by atoms with Crippen LogP contribution in [0.5, 0.6) is 0 Å². The van der Waals surface area contributed by atoms with E-state index in [2.05, 4.69) is 33.2 Å². The fourth-order valence-corrected chi connectivity index (χ4v) is 3.08. The van der Waals surface area contributed by atoms with Gasteiger partial charge in [-0.3, -0.25) is 14.7 Å². The number of rotatable bonds is 6. The first-order chi connectivity index (χ1) is 12.1. The van der Waals surface area contributed by atoms with Crippen LogP contribution < -0.4 is 5.32 Å². The summed E-state index contributed by atoms with van der Waals surface area (Å²) in [6, 6.07) is 3.85. The van der Waals surface area contributed by atoms with Gasteiger partial charge in [-0.05, 0) is 50.9 Å². The number of likely N-dealkylation sites (tertiary alicyclic amines) is 1. The molecular formula is C19H24N4O2. The Hall–Kier alpha value is -2.47. The first-order valence-electron chi connectivity index (χ1n) is 8.60. The molecule has 3 heterocycles. The Morgan fingerprint density at radius 2 is 2.32 bits per heavy atom. The summed E-state index contributed by atoms with van der Waals surface area (Å²) in [6.07, 6.45) is 7.99. The van der Waals surface area contributed by atoms with Crippen molar-refractivity contribution in [1.29, 1.82) is 0 Å². The van der Waals surface area contributed by atoms with Gasteiger partial charge < -0.3 is 9.73 Å². The first-order valence-corrected chi connectivity index (χ1v) is 8.60. The minimum absolute atomic E-state index is 0.153. The van der Waals surface area contributed by atoms with Crippen molar-refractivity contribution in [2.75, 3.05) is 26.2 Å². The molecule has 1 aliphatic heterocycles. The normalized spacial score (nSPS) is 18.5. The van der Waals surface area contributed by atoms with Gasteiger partial charge in [-0.2, -0.15) is 0 Å². The third-order valence-corrected chi connectivity index (χ3v) is 4.34. The van der Waals surface area contributed by atoms with Gasteiger partial charge in [0.15, 0.2) is 0 Å². The molecule has 0 bridgehead atoms. The van der Waals surface area contributed by atoms with Crippen LogP contribution in [0.2, 0.25) is 0 Å². The van der Waals surface area contributed by atoms with Crippen LogP contribution in [0, 0.1) is 12.8 Å². The van der Waals surface area contributed by atoms with Gasteiger partial charge in [0.1, 0.15) is 11.5 Å². The van der Waals surface area contributed by atoms with Crippen molar-refractivity contribution in [1.82, 2.24) is 20.2 Å². The molecule has 0 radical (unpaired) electrons. The third-order valence-electron chi connectivity index (χ3n) is 4.34. The second-order valence-corrected chi connectivity index (χ2v) is 6.65. The Labute approximate surface area is 148 Å². The van der Waals surface area contributed by atoms with Crippen molar-refractivity contribution in [3.8, 4) is 0 Å². The van der Waals surface area contributed by atoms with Crippen molar-refractivity contribution in [2.24, 2.45) is 5.92 Å². The minimum Gasteiger partial charge on any atom is -0.465 e. The summed E-state index contributed by atoms with van der Waals surface area (Å²) >= 11 is 0. The summed E-state index contributed by atoms with van der Waals surface area (Å²) in [5.74, 6) is 1.21. The lowest BCUT2D eigenvalue weighted by molar-refractivity contribution is 0.0942. The average molecular weight is 340 g/mol. The molecule has 2 aromatic heterocycles. The first kappa shape index (κ1) is 17.4. The van der Waals surface area contributed by atoms with E-state index in [1.54, 1.807) is 12.5 Å². The molecule has 1 amide bonds. The Kier molecular flexibility index (Phi) is 5.60. The van der Waals surface area contributed by atoms with Crippen molar-refractivity contribution in [3.05, 3.63) is 53.5 Å². The number of aromatic nitrogens is 2. The molecule has 6 nitrogen and oxygen atoms in total. The van der Waals surface area contributed by atoms with Gasteiger partial charge >= 0.3 is 0 Å². The van der Waals surface area contributed by atoms with E-state index in [-0.39, 0.29) is 5.91 Å². The topological polar surface area (TPSA) is 71.3 Å². The lowest BCUT2D eigenvalue weighted by atomic mass is 10.1. The zero-order valence-corrected chi connectivity index (χ0v) is 14.7. The highest BCUT2D eigenvalue weighted by molar-refractivity contribution is 5.91. The van der Waals surface area contributed by atoms with Gasteiger partial charge in [0.05, 0.1) is 18.2 Å². The van der Waals surface area contributed by atoms with Gasteiger partial charge in [0, 0.05) is 25.8 Å². The molecule has 3 rings (SSSR count). The predicted molar refractivity (Wildman–Crippen MR) is 96.0 cm³/mol. The Morgan fingerprint density at radius 3 is 3.04 bits per heavy atom. The molecule has 0 spiro atoms. The predicted octanol–water partition coefficient (Wildman–Crippen LogP) is 2.53. The third kappa shape index (κ3) is 5.00. The smallest absolute Gasteiger partial charge is 0.271 e. The van der Waals surface area contributed by atoms with Crippen molar-refractivity contribution in [2.45, 2.75) is 20.3 Å². The molecule has 1 aliphatic rings. The van der Waals surface area contributed by atoms with E-state index in [1.807, 2.05) is 19.1 Å². The van der Waals surface area contributed by atoms with Crippen LogP contribution in [0.25, 0.3) is 6.08 Å². The maximum absolute atomic E-state index is 12.1. The number of nitrogens with zero attached hydrogens (tertiary/aromatic N) is 3. The minimum atomic E-state index is -0.153. The summed E-state index contributed by atoms with van der Waals surface area (Å²) in [5, 5.41) is 2.97. The van der Waals surface area contributed by atoms with E-state index in [1.165, 1.54) is 11.8 Å². The lowest BCUT2D eigenvalue weighted by Gasteiger charge is -2.16. The largest absolute Gasteiger partial charge is 0.465 e. The van der Waals surface area contributed by atoms with Crippen LogP contribution in [0.15, 0.2) is 40.8 Å². The summed E-state index contributed by atoms with van der Waals surface area (Å²) in [5.41, 5.74) is 2.45. The average Bonchev–Trinajstić information content (AvgIpc) is 3.25. The summed E-state index contributed by atoms with van der Waals surface area (Å²) in [6.45, 7) is 7.61. The second kappa shape index (κ2) is 8.07. The molecule has 25 heavy (non-hydrogen) atoms. The molecule has 2 aromatic rings. The molecule has 0 saturated carbocycles. The Morgan fingerprint density at radius 1 is 1.44 bits per heavy atom. The van der Waals surface area contributed by atoms with Crippen LogP contribution in [0.1, 0.15) is 35.3 Å². The van der Waals surface area contributed by atoms with Crippen LogP contribution >= 0.6 is 0 Å². The molecular weight excluding hydrogens is 316 g/mol. The van der Waals surface area contributed by atoms with E-state index in [0.717, 1.165) is 37.5 Å². The zero-order valence-electron chi connectivity index (χ0n) is 14.7. The van der Waals surface area contributed by atoms with Gasteiger partial charge in [-0.15, -0.1) is 0 Å². The monoisotopic (exact) mass is 340 g/mol. The molecule has 0 aromatic carbocycles. The molecule has 132 valence electrons. The highest BCUT2D eigenvalue weighted by Gasteiger charge is 2.23. The lowest BCUT2D eigenvalue weighted by Crippen LogP contribution is -2.31. The molecule has 0 aliphatic carbocycles. The molecule has 1 N–H and O–H groups in total. The van der Waals surface area contributed by atoms with Crippen LogP contribution in [-0.2, 0) is 0 Å². The highest BCUT2D eigenvalue weighted by Crippen LogP contribution is 2.18. The summed E-state index contributed by atoms with van der Waals surface area (Å²) in [7, 11) is 0. The number of furan rings is 1. The van der Waals surface area contributed by atoms with Crippen LogP contribution in [-0.4, -0.2) is 47.0 Å². The number of hydrogen-bond acceptors (Lipinski definition) is 5. The summed E-state index contributed by atoms with van der Waals surface area (Å²) in [4.78, 5) is 22.7. The van der Waals surface area contributed by atoms with E-state index >= 15 is 0 Å². The van der Waals surface area contributed by atoms with Gasteiger partial charge in [-0.1, -0.05) is 5.57 Å². The van der Waals surface area contributed by atoms with Crippen LogP contribution in [0.4, 0.5) is 0 Å². The number of aryl methyl sites for hydroxylation is 1. The van der Waals surface area contributed by atoms with Crippen LogP contribution in [0.3, 0.4) is 0 Å². The number of nitrogens with one attached hydrogen (secondary N) is 1. The molecule has 1 unspecified atom stereocenters. The fraction of sp³-hybridized carbons (Fsp3) is 0.421. The quantitative estimate of drug-likeness (QED) is 0.875. The van der Waals surface area contributed by atoms with E-state index in [4.69, 9.17) is 4.42 Å². The van der Waals surface area contributed by atoms with E-state index in [0.29, 0.717) is 18.2 Å². The van der Waals surface area contributed by atoms with Crippen molar-refractivity contribution < 1.29 is 9.21 Å². The standard InChI is InChI=1S/C19H24N4O2/c1-14(8-17-4-3-7-25-17)12-23-6-5-16(13-23)10-22-19(24)18-11-20-15(2)9-21-18/h3-4,7-9,11,16H,5-6,10,12-13H2,1-2H3,(H,22,24)/b14-8+. The second-order valence-electron chi connectivity index (χ2n) is 6.65. The van der Waals surface area contributed by atoms with E-state index < -0.39 is 0 Å². The van der Waals surface area contributed by atoms with Crippen molar-refractivity contribution >= 4 is 12.0 Å². The maximum atomic E-state index is 12.1. The SMILES string of the molecule is C/C(=C\c1ccco1)CN1CCC(CNC(=O)c2cnc(C)cn2)C1. The number of amides is 1. The highest BCUT2D eigenvalue weighted by atomic mass is 16.3. The zero-order chi connectivity index (χ0) is 17.6. The number of hydrogen-bond donors (Lipinski definition) is 1. The van der Waals surface area contributed by atoms with Gasteiger partial charge in [0.25, 0.3) is 5.91 Å². The number of carbonyl (C=O) groups is 1. The Bertz CT molecular complexity index is 722. The molecule has 1 fully saturated rings. The Balaban J connectivity index is 1.43. The van der Waals surface area contributed by atoms with Gasteiger partial charge in [-0.25, -0.2) is 4.98 Å². The summed E-state index contributed by atoms with van der Waals surface area (Å²) < 4.78 is 5.35. The fourth-order valence-electron chi connectivity index (χ4n) is 3.08. The van der Waals surface area contributed by atoms with E-state index in [9.17, 15) is 4.79 Å². The maximum Gasteiger partial charge on any atom is 0.271 e. The number of carbonyl (C=O) groups excluding carboxylic acids is 1. The molecule has 1 atom stereocenters. The van der Waals surface area contributed by atoms with Crippen molar-refractivity contribution in [3.63, 3.8) is 0 Å². The van der Waals surface area contributed by atoms with Gasteiger partial charge in [0.2, 0.25) is 0 Å². The molecule has 1 saturated heterocycles. The molecule has 6 heteroatoms.